The Labute approximate surface area is 152 Å². The molecule has 6 nitrogen and oxygen atoms in total. The fraction of sp³-hybridized carbons (Fsp3) is 0.350. The average Bonchev–Trinajstić information content (AvgIpc) is 2.66. The summed E-state index contributed by atoms with van der Waals surface area (Å²) in [6.45, 7) is 5.86. The quantitative estimate of drug-likeness (QED) is 0.802. The van der Waals surface area contributed by atoms with Crippen molar-refractivity contribution >= 4 is 28.5 Å². The lowest BCUT2D eigenvalue weighted by Gasteiger charge is -2.33. The summed E-state index contributed by atoms with van der Waals surface area (Å²) in [5.41, 5.74) is 1.21. The van der Waals surface area contributed by atoms with Crippen LogP contribution in [0.3, 0.4) is 0 Å². The van der Waals surface area contributed by atoms with Gasteiger partial charge in [-0.3, -0.25) is 19.3 Å². The van der Waals surface area contributed by atoms with E-state index in [1.807, 2.05) is 29.2 Å². The molecule has 2 aliphatic heterocycles. The topological polar surface area (TPSA) is 62.1 Å². The predicted molar refractivity (Wildman–Crippen MR) is 97.1 cm³/mol. The number of benzene rings is 2. The van der Waals surface area contributed by atoms with Crippen LogP contribution in [0.4, 0.5) is 0 Å². The molecule has 0 bridgehead atoms. The van der Waals surface area contributed by atoms with E-state index in [1.54, 1.807) is 19.1 Å². The third-order valence-electron chi connectivity index (χ3n) is 5.46. The first-order valence-electron chi connectivity index (χ1n) is 9.03. The summed E-state index contributed by atoms with van der Waals surface area (Å²) in [6.07, 6.45) is 0. The van der Waals surface area contributed by atoms with Gasteiger partial charge in [0.05, 0.1) is 39.3 Å². The molecule has 0 aliphatic carbocycles. The van der Waals surface area contributed by atoms with Crippen molar-refractivity contribution in [3.63, 3.8) is 0 Å². The molecule has 2 aromatic carbocycles. The van der Waals surface area contributed by atoms with E-state index in [9.17, 15) is 14.4 Å². The van der Waals surface area contributed by atoms with Crippen LogP contribution in [-0.4, -0.2) is 66.8 Å². The van der Waals surface area contributed by atoms with Gasteiger partial charge in [0.2, 0.25) is 5.91 Å². The maximum atomic E-state index is 12.9. The van der Waals surface area contributed by atoms with E-state index in [0.717, 1.165) is 37.0 Å². The molecular formula is C20H22N3O3+. The number of amides is 3. The Bertz CT molecular complexity index is 850. The highest BCUT2D eigenvalue weighted by Crippen LogP contribution is 2.29. The lowest BCUT2D eigenvalue weighted by molar-refractivity contribution is -0.903. The summed E-state index contributed by atoms with van der Waals surface area (Å²) >= 11 is 0. The van der Waals surface area contributed by atoms with Crippen LogP contribution in [-0.2, 0) is 4.79 Å². The number of quaternary nitrogens is 1. The molecule has 1 fully saturated rings. The first-order valence-corrected chi connectivity index (χ1v) is 9.03. The van der Waals surface area contributed by atoms with Crippen LogP contribution in [0, 0.1) is 0 Å². The molecule has 3 amide bonds. The second-order valence-corrected chi connectivity index (χ2v) is 6.98. The smallest absolute Gasteiger partial charge is 0.261 e. The van der Waals surface area contributed by atoms with Crippen molar-refractivity contribution in [1.29, 1.82) is 0 Å². The van der Waals surface area contributed by atoms with Crippen molar-refractivity contribution < 1.29 is 19.3 Å². The Morgan fingerprint density at radius 2 is 1.58 bits per heavy atom. The summed E-state index contributed by atoms with van der Waals surface area (Å²) in [5, 5.41) is 1.69. The molecule has 6 heteroatoms. The molecule has 2 aliphatic rings. The second-order valence-electron chi connectivity index (χ2n) is 6.98. The van der Waals surface area contributed by atoms with Crippen molar-refractivity contribution in [1.82, 2.24) is 9.80 Å². The second kappa shape index (κ2) is 6.53. The van der Waals surface area contributed by atoms with Crippen LogP contribution < -0.4 is 4.90 Å². The number of nitrogens with one attached hydrogen (secondary N) is 1. The van der Waals surface area contributed by atoms with Crippen molar-refractivity contribution in [3.8, 4) is 0 Å². The molecule has 0 spiro atoms. The van der Waals surface area contributed by atoms with Crippen molar-refractivity contribution in [2.24, 2.45) is 0 Å². The van der Waals surface area contributed by atoms with E-state index in [1.165, 1.54) is 9.80 Å². The minimum atomic E-state index is -0.207. The van der Waals surface area contributed by atoms with Crippen LogP contribution >= 0.6 is 0 Å². The number of carbonyl (C=O) groups is 3. The molecule has 134 valence electrons. The summed E-state index contributed by atoms with van der Waals surface area (Å²) in [4.78, 5) is 41.7. The zero-order valence-electron chi connectivity index (χ0n) is 14.8. The van der Waals surface area contributed by atoms with Gasteiger partial charge in [0.25, 0.3) is 11.8 Å². The number of imide groups is 1. The van der Waals surface area contributed by atoms with Crippen LogP contribution in [0.5, 0.6) is 0 Å². The predicted octanol–water partition coefficient (Wildman–Crippen LogP) is 0.183. The largest absolute Gasteiger partial charge is 0.332 e. The standard InChI is InChI=1S/C20H21N3O3/c1-14(24)22-11-8-21(9-12-22)10-13-23-19(25)16-6-2-4-15-5-3-7-17(18(15)16)20(23)26/h2-7H,8-13H2,1H3/p+1. The average molecular weight is 352 g/mol. The summed E-state index contributed by atoms with van der Waals surface area (Å²) in [5.74, 6) is -0.308. The first-order chi connectivity index (χ1) is 12.6. The van der Waals surface area contributed by atoms with Gasteiger partial charge in [-0.1, -0.05) is 24.3 Å². The Hall–Kier alpha value is -2.73. The van der Waals surface area contributed by atoms with Gasteiger partial charge in [-0.25, -0.2) is 0 Å². The molecule has 2 aromatic rings. The minimum absolute atomic E-state index is 0.107. The number of rotatable bonds is 3. The normalized spacial score (nSPS) is 17.9. The molecule has 1 N–H and O–H groups in total. The van der Waals surface area contributed by atoms with E-state index < -0.39 is 0 Å². The molecule has 0 saturated carbocycles. The summed E-state index contributed by atoms with van der Waals surface area (Å²) in [7, 11) is 0. The molecule has 4 rings (SSSR count). The fourth-order valence-electron chi connectivity index (χ4n) is 3.94. The highest BCUT2D eigenvalue weighted by molar-refractivity contribution is 6.25. The highest BCUT2D eigenvalue weighted by Gasteiger charge is 2.33. The van der Waals surface area contributed by atoms with Crippen LogP contribution in [0.1, 0.15) is 27.6 Å². The molecule has 0 atom stereocenters. The molecule has 26 heavy (non-hydrogen) atoms. The van der Waals surface area contributed by atoms with Gasteiger partial charge in [0.1, 0.15) is 0 Å². The molecular weight excluding hydrogens is 330 g/mol. The molecule has 0 aromatic heterocycles. The summed E-state index contributed by atoms with van der Waals surface area (Å²) in [6, 6.07) is 11.2. The number of hydrogen-bond acceptors (Lipinski definition) is 3. The van der Waals surface area contributed by atoms with Gasteiger partial charge < -0.3 is 9.80 Å². The van der Waals surface area contributed by atoms with Crippen LogP contribution in [0.2, 0.25) is 0 Å². The van der Waals surface area contributed by atoms with E-state index in [2.05, 4.69) is 0 Å². The van der Waals surface area contributed by atoms with Gasteiger partial charge in [-0.15, -0.1) is 0 Å². The van der Waals surface area contributed by atoms with E-state index in [0.29, 0.717) is 24.2 Å². The van der Waals surface area contributed by atoms with Crippen LogP contribution in [0.25, 0.3) is 10.8 Å². The maximum Gasteiger partial charge on any atom is 0.261 e. The van der Waals surface area contributed by atoms with E-state index in [-0.39, 0.29) is 17.7 Å². The fourth-order valence-corrected chi connectivity index (χ4v) is 3.94. The third-order valence-corrected chi connectivity index (χ3v) is 5.46. The van der Waals surface area contributed by atoms with Crippen molar-refractivity contribution in [2.75, 3.05) is 39.3 Å². The zero-order valence-corrected chi connectivity index (χ0v) is 14.8. The first kappa shape index (κ1) is 16.7. The highest BCUT2D eigenvalue weighted by atomic mass is 16.2. The molecule has 2 heterocycles. The Kier molecular flexibility index (Phi) is 4.20. The van der Waals surface area contributed by atoms with E-state index >= 15 is 0 Å². The molecule has 0 radical (unpaired) electrons. The van der Waals surface area contributed by atoms with Gasteiger partial charge in [0, 0.05) is 23.4 Å². The van der Waals surface area contributed by atoms with Gasteiger partial charge in [-0.05, 0) is 17.5 Å². The Balaban J connectivity index is 1.50. The SMILES string of the molecule is CC(=O)N1CC[NH+](CCN2C(=O)c3cccc4cccc(c34)C2=O)CC1. The van der Waals surface area contributed by atoms with Crippen molar-refractivity contribution in [3.05, 3.63) is 47.5 Å². The lowest BCUT2D eigenvalue weighted by Crippen LogP contribution is -3.15. The third kappa shape index (κ3) is 2.76. The summed E-state index contributed by atoms with van der Waals surface area (Å²) < 4.78 is 0. The van der Waals surface area contributed by atoms with Crippen LogP contribution in [0.15, 0.2) is 36.4 Å². The molecule has 0 unspecified atom stereocenters. The molecule has 1 saturated heterocycles. The zero-order chi connectivity index (χ0) is 18.3. The maximum absolute atomic E-state index is 12.9. The minimum Gasteiger partial charge on any atom is -0.332 e. The lowest BCUT2D eigenvalue weighted by atomic mass is 9.94. The van der Waals surface area contributed by atoms with Gasteiger partial charge >= 0.3 is 0 Å². The number of piperazine rings is 1. The van der Waals surface area contributed by atoms with Crippen molar-refractivity contribution in [2.45, 2.75) is 6.92 Å². The monoisotopic (exact) mass is 352 g/mol. The van der Waals surface area contributed by atoms with Gasteiger partial charge in [-0.2, -0.15) is 0 Å². The van der Waals surface area contributed by atoms with Gasteiger partial charge in [0.15, 0.2) is 0 Å². The number of hydrogen-bond donors (Lipinski definition) is 1. The number of carbonyl (C=O) groups excluding carboxylic acids is 3. The number of nitrogens with zero attached hydrogens (tertiary/aromatic N) is 2. The van der Waals surface area contributed by atoms with E-state index in [4.69, 9.17) is 0 Å². The Morgan fingerprint density at radius 1 is 1.00 bits per heavy atom. The Morgan fingerprint density at radius 3 is 2.12 bits per heavy atom.